The van der Waals surface area contributed by atoms with Crippen molar-refractivity contribution in [2.45, 2.75) is 56.1 Å². The van der Waals surface area contributed by atoms with Crippen LogP contribution >= 0.6 is 0 Å². The second kappa shape index (κ2) is 10.1. The van der Waals surface area contributed by atoms with E-state index in [9.17, 15) is 13.2 Å². The summed E-state index contributed by atoms with van der Waals surface area (Å²) in [5, 5.41) is 0. The van der Waals surface area contributed by atoms with Gasteiger partial charge in [-0.15, -0.1) is 0 Å². The second-order valence-corrected chi connectivity index (χ2v) is 13.5. The van der Waals surface area contributed by atoms with Crippen LogP contribution in [0.5, 0.6) is 0 Å². The number of carbonyl (C=O) groups is 1. The summed E-state index contributed by atoms with van der Waals surface area (Å²) in [5.41, 5.74) is 0.256. The Morgan fingerprint density at radius 3 is 2.19 bits per heavy atom. The molecule has 8 heteroatoms. The first-order chi connectivity index (χ1) is 16.9. The molecule has 7 nitrogen and oxygen atoms in total. The zero-order valence-corrected chi connectivity index (χ0v) is 22.9. The van der Waals surface area contributed by atoms with Gasteiger partial charge in [0.15, 0.2) is 0 Å². The van der Waals surface area contributed by atoms with Gasteiger partial charge in [-0.2, -0.15) is 0 Å². The number of nitrogens with zero attached hydrogens (tertiary/aromatic N) is 3. The molecule has 0 aliphatic carbocycles. The fraction of sp³-hybridized carbons (Fsp3) is 0.536. The Bertz CT molecular complexity index is 1150. The molecule has 2 aliphatic rings. The monoisotopic (exact) mass is 513 g/mol. The minimum atomic E-state index is -3.60. The maximum Gasteiger partial charge on any atom is 0.410 e. The van der Waals surface area contributed by atoms with Crippen LogP contribution in [0.4, 0.5) is 4.79 Å². The Labute approximate surface area is 216 Å². The fourth-order valence-corrected chi connectivity index (χ4v) is 6.66. The van der Waals surface area contributed by atoms with Gasteiger partial charge in [0.05, 0.1) is 10.9 Å². The Hall–Kier alpha value is -2.42. The molecule has 2 aromatic carbocycles. The molecule has 2 saturated heterocycles. The molecule has 36 heavy (non-hydrogen) atoms. The minimum Gasteiger partial charge on any atom is -0.444 e. The third kappa shape index (κ3) is 5.76. The summed E-state index contributed by atoms with van der Waals surface area (Å²) in [6.45, 7) is 11.5. The number of sulfonamides is 1. The van der Waals surface area contributed by atoms with E-state index in [0.29, 0.717) is 17.4 Å². The topological polar surface area (TPSA) is 70.2 Å². The van der Waals surface area contributed by atoms with E-state index in [4.69, 9.17) is 4.74 Å². The van der Waals surface area contributed by atoms with Crippen molar-refractivity contribution in [2.24, 2.45) is 5.92 Å². The molecule has 0 N–H and O–H groups in total. The summed E-state index contributed by atoms with van der Waals surface area (Å²) >= 11 is 0. The molecule has 2 aliphatic heterocycles. The average Bonchev–Trinajstić information content (AvgIpc) is 3.13. The lowest BCUT2D eigenvalue weighted by molar-refractivity contribution is -0.0164. The van der Waals surface area contributed by atoms with E-state index in [1.165, 1.54) is 4.31 Å². The van der Waals surface area contributed by atoms with Crippen molar-refractivity contribution in [2.75, 3.05) is 39.8 Å². The molecule has 2 fully saturated rings. The maximum absolute atomic E-state index is 13.3. The van der Waals surface area contributed by atoms with Crippen molar-refractivity contribution in [1.29, 1.82) is 0 Å². The number of fused-ring (bicyclic) bond motifs is 1. The van der Waals surface area contributed by atoms with Crippen molar-refractivity contribution in [3.05, 3.63) is 66.2 Å². The summed E-state index contributed by atoms with van der Waals surface area (Å²) in [5.74, 6) is 0.474. The molecule has 4 rings (SSSR count). The van der Waals surface area contributed by atoms with E-state index in [2.05, 4.69) is 24.0 Å². The number of benzene rings is 2. The molecular formula is C28H39N3O4S. The van der Waals surface area contributed by atoms with Gasteiger partial charge in [-0.05, 0) is 51.4 Å². The molecule has 2 aromatic rings. The van der Waals surface area contributed by atoms with Gasteiger partial charge >= 0.3 is 6.09 Å². The maximum atomic E-state index is 13.3. The molecule has 0 radical (unpaired) electrons. The van der Waals surface area contributed by atoms with Crippen LogP contribution in [0.3, 0.4) is 0 Å². The van der Waals surface area contributed by atoms with Gasteiger partial charge < -0.3 is 14.5 Å². The van der Waals surface area contributed by atoms with Crippen molar-refractivity contribution in [3.63, 3.8) is 0 Å². The first-order valence-electron chi connectivity index (χ1n) is 12.7. The largest absolute Gasteiger partial charge is 0.444 e. The number of amides is 1. The highest BCUT2D eigenvalue weighted by Crippen LogP contribution is 2.36. The molecule has 0 unspecified atom stereocenters. The third-order valence-corrected chi connectivity index (χ3v) is 9.23. The lowest BCUT2D eigenvalue weighted by atomic mass is 9.79. The zero-order chi connectivity index (χ0) is 26.1. The Morgan fingerprint density at radius 2 is 1.58 bits per heavy atom. The minimum absolute atomic E-state index is 0.198. The SMILES string of the molecule is CN(C[C@@](C)(CCN1C[C@H]2CN(C(=O)OC(C)(C)C)[C@H]2C1)c1ccccc1)S(=O)(=O)c1ccccc1. The van der Waals surface area contributed by atoms with Crippen LogP contribution in [-0.2, 0) is 20.2 Å². The van der Waals surface area contributed by atoms with Crippen LogP contribution < -0.4 is 0 Å². The molecule has 2 heterocycles. The van der Waals surface area contributed by atoms with E-state index in [1.54, 1.807) is 31.3 Å². The molecule has 0 bridgehead atoms. The predicted octanol–water partition coefficient (Wildman–Crippen LogP) is 4.21. The molecule has 0 aromatic heterocycles. The van der Waals surface area contributed by atoms with E-state index in [-0.39, 0.29) is 17.6 Å². The fourth-order valence-electron chi connectivity index (χ4n) is 5.35. The summed E-state index contributed by atoms with van der Waals surface area (Å²) in [6, 6.07) is 19.0. The van der Waals surface area contributed by atoms with Gasteiger partial charge in [0, 0.05) is 44.6 Å². The summed E-state index contributed by atoms with van der Waals surface area (Å²) < 4.78 is 33.6. The predicted molar refractivity (Wildman–Crippen MR) is 141 cm³/mol. The highest BCUT2D eigenvalue weighted by Gasteiger charge is 2.49. The van der Waals surface area contributed by atoms with E-state index < -0.39 is 15.6 Å². The number of hydrogen-bond acceptors (Lipinski definition) is 5. The van der Waals surface area contributed by atoms with Crippen LogP contribution in [0.2, 0.25) is 0 Å². The van der Waals surface area contributed by atoms with Crippen molar-refractivity contribution in [1.82, 2.24) is 14.1 Å². The van der Waals surface area contributed by atoms with Gasteiger partial charge in [0.2, 0.25) is 10.0 Å². The Balaban J connectivity index is 1.44. The van der Waals surface area contributed by atoms with Crippen LogP contribution in [0.15, 0.2) is 65.6 Å². The summed E-state index contributed by atoms with van der Waals surface area (Å²) in [4.78, 5) is 17.1. The molecule has 0 saturated carbocycles. The molecule has 3 atom stereocenters. The first kappa shape index (κ1) is 26.6. The number of likely N-dealkylation sites (N-methyl/N-ethyl adjacent to an activating group) is 1. The van der Waals surface area contributed by atoms with E-state index in [0.717, 1.165) is 38.2 Å². The highest BCUT2D eigenvalue weighted by atomic mass is 32.2. The van der Waals surface area contributed by atoms with Crippen LogP contribution in [0.25, 0.3) is 0 Å². The van der Waals surface area contributed by atoms with Crippen molar-refractivity contribution < 1.29 is 17.9 Å². The van der Waals surface area contributed by atoms with Crippen molar-refractivity contribution in [3.8, 4) is 0 Å². The lowest BCUT2D eigenvalue weighted by Gasteiger charge is -2.43. The summed E-state index contributed by atoms with van der Waals surface area (Å²) in [7, 11) is -1.93. The molecular weight excluding hydrogens is 474 g/mol. The molecule has 0 spiro atoms. The Kier molecular flexibility index (Phi) is 7.51. The lowest BCUT2D eigenvalue weighted by Crippen LogP contribution is -2.59. The first-order valence-corrected chi connectivity index (χ1v) is 14.1. The quantitative estimate of drug-likeness (QED) is 0.529. The zero-order valence-electron chi connectivity index (χ0n) is 22.1. The number of carbonyl (C=O) groups excluding carboxylic acids is 1. The number of rotatable bonds is 8. The third-order valence-electron chi connectivity index (χ3n) is 7.42. The van der Waals surface area contributed by atoms with E-state index >= 15 is 0 Å². The standard InChI is InChI=1S/C28H39N3O4S/c1-27(2,3)35-26(32)31-19-22-18-30(20-25(22)31)17-16-28(4,23-12-8-6-9-13-23)21-29(5)36(33,34)24-14-10-7-11-15-24/h6-15,22,25H,16-21H2,1-5H3/t22-,25-,28+/m0/s1. The van der Waals surface area contributed by atoms with E-state index in [1.807, 2.05) is 49.9 Å². The molecule has 1 amide bonds. The highest BCUT2D eigenvalue weighted by molar-refractivity contribution is 7.89. The average molecular weight is 514 g/mol. The van der Waals surface area contributed by atoms with Gasteiger partial charge in [0.25, 0.3) is 0 Å². The summed E-state index contributed by atoms with van der Waals surface area (Å²) in [6.07, 6.45) is 0.574. The Morgan fingerprint density at radius 1 is 0.972 bits per heavy atom. The smallest absolute Gasteiger partial charge is 0.410 e. The normalized spacial score (nSPS) is 22.1. The van der Waals surface area contributed by atoms with Gasteiger partial charge in [0.1, 0.15) is 5.60 Å². The van der Waals surface area contributed by atoms with Gasteiger partial charge in [-0.3, -0.25) is 0 Å². The van der Waals surface area contributed by atoms with Gasteiger partial charge in [-0.25, -0.2) is 17.5 Å². The number of hydrogen-bond donors (Lipinski definition) is 0. The second-order valence-electron chi connectivity index (χ2n) is 11.5. The van der Waals surface area contributed by atoms with Crippen molar-refractivity contribution >= 4 is 16.1 Å². The van der Waals surface area contributed by atoms with Crippen LogP contribution in [-0.4, -0.2) is 80.0 Å². The van der Waals surface area contributed by atoms with Crippen LogP contribution in [0, 0.1) is 5.92 Å². The van der Waals surface area contributed by atoms with Crippen LogP contribution in [0.1, 0.15) is 39.7 Å². The molecule has 196 valence electrons. The number of ether oxygens (including phenoxy) is 1. The number of likely N-dealkylation sites (tertiary alicyclic amines) is 2. The van der Waals surface area contributed by atoms with Gasteiger partial charge in [-0.1, -0.05) is 55.5 Å².